The van der Waals surface area contributed by atoms with Gasteiger partial charge in [0.25, 0.3) is 5.91 Å². The number of fused-ring (bicyclic) bond motifs is 1. The lowest BCUT2D eigenvalue weighted by molar-refractivity contribution is 0.0391. The van der Waals surface area contributed by atoms with Crippen molar-refractivity contribution in [1.82, 2.24) is 4.90 Å². The maximum Gasteiger partial charge on any atom is 0.256 e. The van der Waals surface area contributed by atoms with Crippen LogP contribution in [0.3, 0.4) is 0 Å². The van der Waals surface area contributed by atoms with Crippen LogP contribution in [0.5, 0.6) is 0 Å². The fraction of sp³-hybridized carbons (Fsp3) is 0.562. The largest absolute Gasteiger partial charge is 0.397 e. The molecular formula is C16H21ClN2O. The summed E-state index contributed by atoms with van der Waals surface area (Å²) >= 11 is 6.04. The third-order valence-electron chi connectivity index (χ3n) is 4.79. The Hall–Kier alpha value is -1.22. The highest BCUT2D eigenvalue weighted by atomic mass is 35.5. The minimum atomic E-state index is 0.0570. The third-order valence-corrected chi connectivity index (χ3v) is 5.12. The Morgan fingerprint density at radius 2 is 1.95 bits per heavy atom. The number of carbonyl (C=O) groups is 1. The van der Waals surface area contributed by atoms with Crippen molar-refractivity contribution in [2.24, 2.45) is 5.92 Å². The van der Waals surface area contributed by atoms with Crippen LogP contribution < -0.4 is 5.73 Å². The van der Waals surface area contributed by atoms with Gasteiger partial charge in [-0.25, -0.2) is 0 Å². The van der Waals surface area contributed by atoms with Crippen LogP contribution in [0.4, 0.5) is 5.69 Å². The topological polar surface area (TPSA) is 46.3 Å². The summed E-state index contributed by atoms with van der Waals surface area (Å²) in [5.41, 5.74) is 6.95. The molecule has 3 rings (SSSR count). The quantitative estimate of drug-likeness (QED) is 0.802. The van der Waals surface area contributed by atoms with E-state index in [1.54, 1.807) is 18.2 Å². The fourth-order valence-corrected chi connectivity index (χ4v) is 3.93. The van der Waals surface area contributed by atoms with Crippen molar-refractivity contribution in [2.45, 2.75) is 44.6 Å². The second-order valence-electron chi connectivity index (χ2n) is 5.95. The third kappa shape index (κ3) is 2.39. The molecule has 2 atom stereocenters. The Kier molecular flexibility index (Phi) is 3.88. The number of piperidine rings is 1. The van der Waals surface area contributed by atoms with E-state index in [1.807, 2.05) is 0 Å². The molecule has 2 fully saturated rings. The molecule has 3 nitrogen and oxygen atoms in total. The molecule has 108 valence electrons. The number of hydrogen-bond acceptors (Lipinski definition) is 2. The molecule has 1 aromatic carbocycles. The minimum Gasteiger partial charge on any atom is -0.397 e. The number of hydrogen-bond donors (Lipinski definition) is 1. The molecule has 2 unspecified atom stereocenters. The van der Waals surface area contributed by atoms with E-state index in [0.29, 0.717) is 28.2 Å². The van der Waals surface area contributed by atoms with Crippen LogP contribution in [0.2, 0.25) is 5.02 Å². The van der Waals surface area contributed by atoms with Crippen molar-refractivity contribution in [3.63, 3.8) is 0 Å². The summed E-state index contributed by atoms with van der Waals surface area (Å²) < 4.78 is 0. The number of nitrogen functional groups attached to an aromatic ring is 1. The Balaban J connectivity index is 1.87. The van der Waals surface area contributed by atoms with Crippen molar-refractivity contribution >= 4 is 23.2 Å². The average Bonchev–Trinajstić information content (AvgIpc) is 2.49. The lowest BCUT2D eigenvalue weighted by Gasteiger charge is -2.44. The first-order valence-electron chi connectivity index (χ1n) is 7.53. The van der Waals surface area contributed by atoms with Gasteiger partial charge in [-0.2, -0.15) is 0 Å². The summed E-state index contributed by atoms with van der Waals surface area (Å²) in [5, 5.41) is 0.466. The average molecular weight is 293 g/mol. The Morgan fingerprint density at radius 1 is 1.20 bits per heavy atom. The molecule has 1 amide bonds. The predicted molar refractivity (Wildman–Crippen MR) is 81.9 cm³/mol. The molecule has 1 heterocycles. The first-order chi connectivity index (χ1) is 9.68. The zero-order valence-electron chi connectivity index (χ0n) is 11.6. The number of para-hydroxylation sites is 1. The zero-order valence-corrected chi connectivity index (χ0v) is 12.4. The summed E-state index contributed by atoms with van der Waals surface area (Å²) in [6.07, 6.45) is 7.31. The first kappa shape index (κ1) is 13.7. The Morgan fingerprint density at radius 3 is 2.80 bits per heavy atom. The van der Waals surface area contributed by atoms with Crippen molar-refractivity contribution in [2.75, 3.05) is 12.3 Å². The fourth-order valence-electron chi connectivity index (χ4n) is 3.76. The van der Waals surface area contributed by atoms with Crippen molar-refractivity contribution in [1.29, 1.82) is 0 Å². The summed E-state index contributed by atoms with van der Waals surface area (Å²) in [5.74, 6) is 0.739. The first-order valence-corrected chi connectivity index (χ1v) is 7.91. The van der Waals surface area contributed by atoms with Crippen LogP contribution in [0.15, 0.2) is 18.2 Å². The SMILES string of the molecule is Nc1c(Cl)cccc1C(=O)N1CCCC2CCCCC21. The molecule has 0 radical (unpaired) electrons. The van der Waals surface area contributed by atoms with E-state index in [0.717, 1.165) is 19.4 Å². The number of benzene rings is 1. The normalized spacial score (nSPS) is 26.1. The molecule has 2 N–H and O–H groups in total. The predicted octanol–water partition coefficient (Wildman–Crippen LogP) is 3.72. The molecule has 1 aromatic rings. The van der Waals surface area contributed by atoms with Crippen LogP contribution in [0.1, 0.15) is 48.9 Å². The molecule has 1 aliphatic carbocycles. The van der Waals surface area contributed by atoms with Gasteiger partial charge in [-0.15, -0.1) is 0 Å². The van der Waals surface area contributed by atoms with Gasteiger partial charge in [0.2, 0.25) is 0 Å². The van der Waals surface area contributed by atoms with Gasteiger partial charge in [0.1, 0.15) is 0 Å². The molecule has 4 heteroatoms. The molecule has 0 bridgehead atoms. The molecule has 2 aliphatic rings. The summed E-state index contributed by atoms with van der Waals surface area (Å²) in [6, 6.07) is 5.72. The summed E-state index contributed by atoms with van der Waals surface area (Å²) in [7, 11) is 0. The molecule has 0 spiro atoms. The Labute approximate surface area is 125 Å². The van der Waals surface area contributed by atoms with Gasteiger partial charge in [-0.1, -0.05) is 30.5 Å². The van der Waals surface area contributed by atoms with E-state index < -0.39 is 0 Å². The monoisotopic (exact) mass is 292 g/mol. The molecule has 1 saturated carbocycles. The van der Waals surface area contributed by atoms with E-state index in [1.165, 1.54) is 25.7 Å². The van der Waals surface area contributed by atoms with Gasteiger partial charge in [-0.3, -0.25) is 4.79 Å². The zero-order chi connectivity index (χ0) is 14.1. The number of amides is 1. The summed E-state index contributed by atoms with van der Waals surface area (Å²) in [6.45, 7) is 0.853. The number of nitrogens with two attached hydrogens (primary N) is 1. The van der Waals surface area contributed by atoms with Gasteiger partial charge >= 0.3 is 0 Å². The number of nitrogens with zero attached hydrogens (tertiary/aromatic N) is 1. The standard InChI is InChI=1S/C16H21ClN2O/c17-13-8-3-7-12(15(13)18)16(20)19-10-4-6-11-5-1-2-9-14(11)19/h3,7-8,11,14H,1-2,4-6,9-10,18H2. The number of halogens is 1. The van der Waals surface area contributed by atoms with Crippen LogP contribution >= 0.6 is 11.6 Å². The second kappa shape index (κ2) is 5.65. The van der Waals surface area contributed by atoms with Gasteiger partial charge in [0.15, 0.2) is 0 Å². The number of rotatable bonds is 1. The van der Waals surface area contributed by atoms with Crippen LogP contribution in [-0.2, 0) is 0 Å². The highest BCUT2D eigenvalue weighted by molar-refractivity contribution is 6.33. The van der Waals surface area contributed by atoms with Crippen molar-refractivity contribution < 1.29 is 4.79 Å². The van der Waals surface area contributed by atoms with Gasteiger partial charge in [0, 0.05) is 12.6 Å². The van der Waals surface area contributed by atoms with Gasteiger partial charge in [-0.05, 0) is 43.7 Å². The number of carbonyl (C=O) groups excluding carboxylic acids is 1. The maximum atomic E-state index is 12.8. The van der Waals surface area contributed by atoms with E-state index >= 15 is 0 Å². The molecule has 20 heavy (non-hydrogen) atoms. The van der Waals surface area contributed by atoms with Crippen molar-refractivity contribution in [3.8, 4) is 0 Å². The number of likely N-dealkylation sites (tertiary alicyclic amines) is 1. The van der Waals surface area contributed by atoms with Crippen molar-refractivity contribution in [3.05, 3.63) is 28.8 Å². The summed E-state index contributed by atoms with van der Waals surface area (Å²) in [4.78, 5) is 14.9. The van der Waals surface area contributed by atoms with Crippen LogP contribution in [0, 0.1) is 5.92 Å². The lowest BCUT2D eigenvalue weighted by atomic mass is 9.78. The van der Waals surface area contributed by atoms with E-state index in [9.17, 15) is 4.79 Å². The number of anilines is 1. The lowest BCUT2D eigenvalue weighted by Crippen LogP contribution is -2.49. The molecular weight excluding hydrogens is 272 g/mol. The highest BCUT2D eigenvalue weighted by Crippen LogP contribution is 2.36. The second-order valence-corrected chi connectivity index (χ2v) is 6.36. The van der Waals surface area contributed by atoms with E-state index in [2.05, 4.69) is 4.90 Å². The Bertz CT molecular complexity index is 515. The van der Waals surface area contributed by atoms with E-state index in [4.69, 9.17) is 17.3 Å². The maximum absolute atomic E-state index is 12.8. The molecule has 0 aromatic heterocycles. The van der Waals surface area contributed by atoms with Gasteiger partial charge < -0.3 is 10.6 Å². The highest BCUT2D eigenvalue weighted by Gasteiger charge is 2.36. The van der Waals surface area contributed by atoms with E-state index in [-0.39, 0.29) is 5.91 Å². The minimum absolute atomic E-state index is 0.0570. The molecule has 1 saturated heterocycles. The van der Waals surface area contributed by atoms with Crippen LogP contribution in [-0.4, -0.2) is 23.4 Å². The molecule has 1 aliphatic heterocycles. The smallest absolute Gasteiger partial charge is 0.256 e. The van der Waals surface area contributed by atoms with Gasteiger partial charge in [0.05, 0.1) is 16.3 Å². The van der Waals surface area contributed by atoms with Crippen LogP contribution in [0.25, 0.3) is 0 Å².